The molecule has 0 fully saturated rings. The number of hydrogen-bond donors (Lipinski definition) is 1. The quantitative estimate of drug-likeness (QED) is 0.291. The van der Waals surface area contributed by atoms with Gasteiger partial charge in [-0.3, -0.25) is 0 Å². The van der Waals surface area contributed by atoms with Crippen molar-refractivity contribution in [2.45, 2.75) is 105 Å². The minimum atomic E-state index is -2.30. The number of carbonyl (C=O) groups excluding carboxylic acids is 1. The number of hydrogen-bond acceptors (Lipinski definition) is 3. The summed E-state index contributed by atoms with van der Waals surface area (Å²) in [5.41, 5.74) is -0.438. The van der Waals surface area contributed by atoms with Crippen LogP contribution in [-0.2, 0) is 11.2 Å². The second-order valence-electron chi connectivity index (χ2n) is 9.04. The molecule has 0 aliphatic rings. The molecule has 0 saturated heterocycles. The second kappa shape index (κ2) is 13.1. The molecule has 1 heterocycles. The third-order valence-electron chi connectivity index (χ3n) is 5.25. The van der Waals surface area contributed by atoms with Crippen molar-refractivity contribution in [3.63, 3.8) is 0 Å². The van der Waals surface area contributed by atoms with Gasteiger partial charge in [-0.05, 0) is 0 Å². The van der Waals surface area contributed by atoms with Crippen LogP contribution in [0.15, 0.2) is 12.1 Å². The first-order valence-electron chi connectivity index (χ1n) is 11.3. The number of thiophene rings is 1. The van der Waals surface area contributed by atoms with Crippen LogP contribution in [0.1, 0.15) is 84.9 Å². The van der Waals surface area contributed by atoms with E-state index in [9.17, 15) is 4.79 Å². The third kappa shape index (κ3) is 9.51. The van der Waals surface area contributed by atoms with E-state index in [1.807, 2.05) is 20.8 Å². The van der Waals surface area contributed by atoms with E-state index >= 15 is 0 Å². The molecule has 0 atom stereocenters. The van der Waals surface area contributed by atoms with Crippen molar-refractivity contribution in [1.29, 1.82) is 0 Å². The van der Waals surface area contributed by atoms with E-state index in [0.717, 1.165) is 6.42 Å². The van der Waals surface area contributed by atoms with Gasteiger partial charge >= 0.3 is 183 Å². The summed E-state index contributed by atoms with van der Waals surface area (Å²) in [6, 6.07) is 4.79. The van der Waals surface area contributed by atoms with E-state index in [-0.39, 0.29) is 6.09 Å². The summed E-state index contributed by atoms with van der Waals surface area (Å²) in [5, 5.41) is 2.90. The molecule has 28 heavy (non-hydrogen) atoms. The zero-order chi connectivity index (χ0) is 21.0. The van der Waals surface area contributed by atoms with Crippen LogP contribution < -0.4 is 8.21 Å². The van der Waals surface area contributed by atoms with Crippen LogP contribution >= 0.6 is 11.3 Å². The molecule has 0 spiro atoms. The fraction of sp³-hybridized carbons (Fsp3) is 0.783. The predicted octanol–water partition coefficient (Wildman–Crippen LogP) is 6.87. The molecule has 3 nitrogen and oxygen atoms in total. The molecule has 0 unspecified atom stereocenters. The van der Waals surface area contributed by atoms with Gasteiger partial charge in [0.05, 0.1) is 0 Å². The molecule has 5 heteroatoms. The maximum atomic E-state index is 11.8. The Bertz CT molecular complexity index is 543. The summed E-state index contributed by atoms with van der Waals surface area (Å²) in [6.07, 6.45) is 8.73. The van der Waals surface area contributed by atoms with Crippen LogP contribution in [0.2, 0.25) is 13.3 Å². The van der Waals surface area contributed by atoms with E-state index in [0.29, 0.717) is 6.54 Å². The van der Waals surface area contributed by atoms with E-state index in [1.54, 1.807) is 2.89 Å². The van der Waals surface area contributed by atoms with Crippen LogP contribution in [-0.4, -0.2) is 36.6 Å². The number of carbonyl (C=O) groups is 1. The van der Waals surface area contributed by atoms with Crippen molar-refractivity contribution in [3.8, 4) is 0 Å². The molecule has 0 aromatic carbocycles. The third-order valence-corrected chi connectivity index (χ3v) is 24.7. The first kappa shape index (κ1) is 25.8. The van der Waals surface area contributed by atoms with Crippen LogP contribution in [0.4, 0.5) is 4.79 Å². The van der Waals surface area contributed by atoms with Gasteiger partial charge in [-0.2, -0.15) is 0 Å². The summed E-state index contributed by atoms with van der Waals surface area (Å²) >= 11 is -0.239. The van der Waals surface area contributed by atoms with Crippen LogP contribution in [0.25, 0.3) is 0 Å². The van der Waals surface area contributed by atoms with Gasteiger partial charge in [0.25, 0.3) is 0 Å². The second-order valence-corrected chi connectivity index (χ2v) is 24.4. The van der Waals surface area contributed by atoms with Gasteiger partial charge in [0.15, 0.2) is 0 Å². The number of ether oxygens (including phenoxy) is 1. The van der Waals surface area contributed by atoms with Crippen LogP contribution in [0.3, 0.4) is 0 Å². The van der Waals surface area contributed by atoms with Gasteiger partial charge in [0.2, 0.25) is 0 Å². The molecular formula is C23H43NO2SSn. The molecular weight excluding hydrogens is 473 g/mol. The summed E-state index contributed by atoms with van der Waals surface area (Å²) in [5.74, 6) is 0. The average molecular weight is 516 g/mol. The van der Waals surface area contributed by atoms with E-state index < -0.39 is 24.0 Å². The standard InChI is InChI=1S/C11H16NO2S.3C4H9.Sn/c1-11(2,3)14-10(13)12-7-6-9-5-4-8-15-9;3*1-3-4-2;/h4-5H,6-7H2,1-3H3,(H,12,13);3*1,3-4H2,2H3;. The van der Waals surface area contributed by atoms with E-state index in [4.69, 9.17) is 4.74 Å². The minimum absolute atomic E-state index is 0.313. The van der Waals surface area contributed by atoms with Crippen molar-refractivity contribution in [2.24, 2.45) is 0 Å². The molecule has 0 bridgehead atoms. The summed E-state index contributed by atoms with van der Waals surface area (Å²) in [4.78, 5) is 13.3. The normalized spacial score (nSPS) is 12.2. The van der Waals surface area contributed by atoms with Gasteiger partial charge in [0.1, 0.15) is 0 Å². The van der Waals surface area contributed by atoms with Gasteiger partial charge in [0, 0.05) is 0 Å². The van der Waals surface area contributed by atoms with Crippen LogP contribution in [0, 0.1) is 0 Å². The van der Waals surface area contributed by atoms with Crippen molar-refractivity contribution in [1.82, 2.24) is 5.32 Å². The summed E-state index contributed by atoms with van der Waals surface area (Å²) in [7, 11) is 0. The van der Waals surface area contributed by atoms with Crippen molar-refractivity contribution in [3.05, 3.63) is 17.0 Å². The van der Waals surface area contributed by atoms with Gasteiger partial charge in [-0.15, -0.1) is 0 Å². The predicted molar refractivity (Wildman–Crippen MR) is 127 cm³/mol. The molecule has 1 rings (SSSR count). The molecule has 1 aromatic rings. The number of unbranched alkanes of at least 4 members (excludes halogenated alkanes) is 3. The number of rotatable bonds is 13. The Balaban J connectivity index is 2.78. The molecule has 0 saturated carbocycles. The summed E-state index contributed by atoms with van der Waals surface area (Å²) in [6.45, 7) is 13.3. The first-order valence-corrected chi connectivity index (χ1v) is 19.6. The van der Waals surface area contributed by atoms with Crippen molar-refractivity contribution in [2.75, 3.05) is 6.54 Å². The average Bonchev–Trinajstić information content (AvgIpc) is 3.09. The monoisotopic (exact) mass is 517 g/mol. The Labute approximate surface area is 181 Å². The number of amides is 1. The Kier molecular flexibility index (Phi) is 12.1. The molecule has 1 amide bonds. The molecule has 0 aliphatic carbocycles. The SMILES string of the molecule is CCC[CH2][Sn]([CH2]CCC)([CH2]CCC)[c]1ccc(CCNC(=O)OC(C)(C)C)s1. The summed E-state index contributed by atoms with van der Waals surface area (Å²) < 4.78 is 11.7. The Morgan fingerprint density at radius 2 is 1.54 bits per heavy atom. The Morgan fingerprint density at radius 3 is 2.00 bits per heavy atom. The van der Waals surface area contributed by atoms with Gasteiger partial charge in [-0.1, -0.05) is 0 Å². The van der Waals surface area contributed by atoms with Gasteiger partial charge in [-0.25, -0.2) is 0 Å². The van der Waals surface area contributed by atoms with Crippen molar-refractivity contribution >= 4 is 38.7 Å². The van der Waals surface area contributed by atoms with Gasteiger partial charge < -0.3 is 0 Å². The number of alkyl carbamates (subject to hydrolysis) is 1. The van der Waals surface area contributed by atoms with Crippen molar-refractivity contribution < 1.29 is 9.53 Å². The maximum absolute atomic E-state index is 11.8. The first-order chi connectivity index (χ1) is 13.3. The fourth-order valence-corrected chi connectivity index (χ4v) is 24.0. The molecule has 1 aromatic heterocycles. The fourth-order valence-electron chi connectivity index (χ4n) is 3.69. The zero-order valence-electron chi connectivity index (χ0n) is 19.2. The van der Waals surface area contributed by atoms with E-state index in [1.165, 1.54) is 56.7 Å². The zero-order valence-corrected chi connectivity index (χ0v) is 22.8. The molecule has 0 radical (unpaired) electrons. The number of nitrogens with one attached hydrogen (secondary N) is 1. The van der Waals surface area contributed by atoms with E-state index in [2.05, 4.69) is 49.6 Å². The molecule has 162 valence electrons. The Hall–Kier alpha value is -0.231. The molecule has 0 aliphatic heterocycles. The van der Waals surface area contributed by atoms with Crippen LogP contribution in [0.5, 0.6) is 0 Å². The Morgan fingerprint density at radius 1 is 1.00 bits per heavy atom. The topological polar surface area (TPSA) is 38.3 Å². The molecule has 1 N–H and O–H groups in total.